The minimum atomic E-state index is -5.12. The second-order valence-electron chi connectivity index (χ2n) is 15.5. The second-order valence-corrected chi connectivity index (χ2v) is 16.9. The number of allylic oxidation sites excluding steroid dienone is 8. The average molecular weight is 859 g/mol. The van der Waals surface area contributed by atoms with Crippen LogP contribution in [0, 0.1) is 0 Å². The molecule has 0 bridgehead atoms. The molecule has 1 aliphatic rings. The van der Waals surface area contributed by atoms with Gasteiger partial charge in [0.15, 0.2) is 6.10 Å². The third-order valence-electron chi connectivity index (χ3n) is 10.2. The lowest BCUT2D eigenvalue weighted by molar-refractivity contribution is -0.220. The molecule has 6 unspecified atom stereocenters. The fourth-order valence-electron chi connectivity index (χ4n) is 6.53. The molecular weight excluding hydrogens is 779 g/mol. The first kappa shape index (κ1) is 54.8. The standard InChI is InChI=1S/C45H79O13P/c1-3-5-7-9-11-13-15-17-19-21-23-25-27-29-31-33-38(46)55-35-37(36-56-59(53,54)58-45-43(51)41(49)40(48)42(50)44(45)52)57-39(47)34-32-30-28-26-24-22-20-18-16-14-12-10-8-6-4-2/h5,7,11,13-14,16-17,19,37,40-45,48-52H,3-4,6,8-10,12,15,18,20-36H2,1-2H3,(H,53,54). The van der Waals surface area contributed by atoms with E-state index >= 15 is 0 Å². The molecule has 0 spiro atoms. The van der Waals surface area contributed by atoms with Crippen molar-refractivity contribution in [3.8, 4) is 0 Å². The molecule has 1 aliphatic carbocycles. The smallest absolute Gasteiger partial charge is 0.462 e. The summed E-state index contributed by atoms with van der Waals surface area (Å²) in [4.78, 5) is 35.7. The van der Waals surface area contributed by atoms with Gasteiger partial charge in [-0.1, -0.05) is 133 Å². The van der Waals surface area contributed by atoms with Crippen LogP contribution in [-0.4, -0.2) is 98.3 Å². The summed E-state index contributed by atoms with van der Waals surface area (Å²) >= 11 is 0. The van der Waals surface area contributed by atoms with Gasteiger partial charge in [-0.2, -0.15) is 0 Å². The predicted octanol–water partition coefficient (Wildman–Crippen LogP) is 8.39. The van der Waals surface area contributed by atoms with E-state index in [-0.39, 0.29) is 12.8 Å². The van der Waals surface area contributed by atoms with E-state index in [9.17, 15) is 44.6 Å². The summed E-state index contributed by atoms with van der Waals surface area (Å²) in [7, 11) is -5.12. The Balaban J connectivity index is 2.49. The van der Waals surface area contributed by atoms with Crippen molar-refractivity contribution in [1.29, 1.82) is 0 Å². The molecule has 0 heterocycles. The van der Waals surface area contributed by atoms with E-state index in [1.165, 1.54) is 32.1 Å². The minimum absolute atomic E-state index is 0.0864. The van der Waals surface area contributed by atoms with Gasteiger partial charge < -0.3 is 39.9 Å². The van der Waals surface area contributed by atoms with Crippen LogP contribution in [0.15, 0.2) is 48.6 Å². The number of aliphatic hydroxyl groups excluding tert-OH is 5. The van der Waals surface area contributed by atoms with Crippen molar-refractivity contribution in [3.63, 3.8) is 0 Å². The third-order valence-corrected chi connectivity index (χ3v) is 11.1. The largest absolute Gasteiger partial charge is 0.472 e. The Morgan fingerprint density at radius 1 is 0.542 bits per heavy atom. The Morgan fingerprint density at radius 2 is 0.966 bits per heavy atom. The first-order chi connectivity index (χ1) is 28.4. The topological polar surface area (TPSA) is 210 Å². The molecule has 1 rings (SSSR count). The van der Waals surface area contributed by atoms with Crippen molar-refractivity contribution in [2.75, 3.05) is 13.2 Å². The molecule has 13 nitrogen and oxygen atoms in total. The first-order valence-electron chi connectivity index (χ1n) is 22.4. The second kappa shape index (κ2) is 35.4. The molecule has 59 heavy (non-hydrogen) atoms. The van der Waals surface area contributed by atoms with Gasteiger partial charge in [0, 0.05) is 12.8 Å². The summed E-state index contributed by atoms with van der Waals surface area (Å²) in [5.74, 6) is -1.13. The molecule has 6 N–H and O–H groups in total. The number of unbranched alkanes of at least 4 members (excludes halogenated alkanes) is 16. The van der Waals surface area contributed by atoms with Gasteiger partial charge >= 0.3 is 19.8 Å². The van der Waals surface area contributed by atoms with Crippen LogP contribution >= 0.6 is 7.82 Å². The number of carbonyl (C=O) groups is 2. The fraction of sp³-hybridized carbons (Fsp3) is 0.778. The summed E-state index contributed by atoms with van der Waals surface area (Å²) in [5.41, 5.74) is 0. The van der Waals surface area contributed by atoms with Gasteiger partial charge in [0.2, 0.25) is 0 Å². The lowest BCUT2D eigenvalue weighted by atomic mass is 9.85. The normalized spacial score (nSPS) is 22.8. The lowest BCUT2D eigenvalue weighted by Gasteiger charge is -2.41. The Morgan fingerprint density at radius 3 is 1.49 bits per heavy atom. The Bertz CT molecular complexity index is 1220. The molecule has 0 aromatic rings. The van der Waals surface area contributed by atoms with Crippen molar-refractivity contribution < 1.29 is 63.1 Å². The van der Waals surface area contributed by atoms with Gasteiger partial charge in [-0.25, -0.2) is 4.57 Å². The number of carbonyl (C=O) groups excluding carboxylic acids is 2. The molecule has 1 saturated carbocycles. The van der Waals surface area contributed by atoms with Crippen LogP contribution in [0.1, 0.15) is 168 Å². The van der Waals surface area contributed by atoms with Crippen molar-refractivity contribution in [1.82, 2.24) is 0 Å². The van der Waals surface area contributed by atoms with Crippen molar-refractivity contribution in [2.24, 2.45) is 0 Å². The number of aliphatic hydroxyl groups is 5. The van der Waals surface area contributed by atoms with Crippen LogP contribution in [0.5, 0.6) is 0 Å². The van der Waals surface area contributed by atoms with Crippen molar-refractivity contribution >= 4 is 19.8 Å². The van der Waals surface area contributed by atoms with Crippen LogP contribution in [0.25, 0.3) is 0 Å². The van der Waals surface area contributed by atoms with Gasteiger partial charge in [-0.3, -0.25) is 18.6 Å². The SMILES string of the molecule is CCC=CCC=CCC=CCCCCCCCC(=O)OCC(COP(=O)(O)OC1C(O)C(O)C(O)C(O)C1O)OC(=O)CCCCCCCCCC=CCCCCCC. The van der Waals surface area contributed by atoms with E-state index in [1.807, 2.05) is 0 Å². The number of rotatable bonds is 36. The van der Waals surface area contributed by atoms with E-state index < -0.39 is 75.7 Å². The van der Waals surface area contributed by atoms with E-state index in [0.29, 0.717) is 12.8 Å². The maximum absolute atomic E-state index is 12.8. The summed E-state index contributed by atoms with van der Waals surface area (Å²) in [6.45, 7) is 3.15. The summed E-state index contributed by atoms with van der Waals surface area (Å²) < 4.78 is 33.5. The maximum atomic E-state index is 12.8. The highest BCUT2D eigenvalue weighted by molar-refractivity contribution is 7.47. The number of esters is 2. The van der Waals surface area contributed by atoms with Crippen LogP contribution < -0.4 is 0 Å². The maximum Gasteiger partial charge on any atom is 0.472 e. The Kier molecular flexibility index (Phi) is 32.9. The van der Waals surface area contributed by atoms with E-state index in [1.54, 1.807) is 0 Å². The molecule has 0 radical (unpaired) electrons. The molecule has 0 aromatic heterocycles. The van der Waals surface area contributed by atoms with Crippen molar-refractivity contribution in [2.45, 2.75) is 211 Å². The fourth-order valence-corrected chi connectivity index (χ4v) is 7.50. The van der Waals surface area contributed by atoms with Gasteiger partial charge in [-0.05, 0) is 70.6 Å². The lowest BCUT2D eigenvalue weighted by Crippen LogP contribution is -2.64. The quantitative estimate of drug-likeness (QED) is 0.0152. The number of phosphoric ester groups is 1. The van der Waals surface area contributed by atoms with Crippen LogP contribution in [0.3, 0.4) is 0 Å². The molecule has 14 heteroatoms. The zero-order valence-electron chi connectivity index (χ0n) is 36.0. The minimum Gasteiger partial charge on any atom is -0.462 e. The Labute approximate surface area is 354 Å². The zero-order chi connectivity index (χ0) is 43.6. The molecule has 1 fully saturated rings. The number of hydrogen-bond acceptors (Lipinski definition) is 12. The van der Waals surface area contributed by atoms with E-state index in [4.69, 9.17) is 18.5 Å². The predicted molar refractivity (Wildman–Crippen MR) is 230 cm³/mol. The van der Waals surface area contributed by atoms with Crippen molar-refractivity contribution in [3.05, 3.63) is 48.6 Å². The first-order valence-corrected chi connectivity index (χ1v) is 23.9. The molecule has 6 atom stereocenters. The summed E-state index contributed by atoms with van der Waals surface area (Å²) in [5, 5.41) is 50.1. The zero-order valence-corrected chi connectivity index (χ0v) is 36.9. The Hall–Kier alpha value is -2.19. The highest BCUT2D eigenvalue weighted by Crippen LogP contribution is 2.47. The van der Waals surface area contributed by atoms with Crippen LogP contribution in [0.4, 0.5) is 0 Å². The molecule has 0 amide bonds. The number of ether oxygens (including phenoxy) is 2. The number of phosphoric acid groups is 1. The third kappa shape index (κ3) is 28.1. The van der Waals surface area contributed by atoms with Gasteiger partial charge in [-0.15, -0.1) is 0 Å². The summed E-state index contributed by atoms with van der Waals surface area (Å²) in [6, 6.07) is 0. The van der Waals surface area contributed by atoms with E-state index in [2.05, 4.69) is 62.5 Å². The van der Waals surface area contributed by atoms with Gasteiger partial charge in [0.1, 0.15) is 43.2 Å². The van der Waals surface area contributed by atoms with Crippen LogP contribution in [-0.2, 0) is 32.7 Å². The molecule has 342 valence electrons. The molecule has 0 aromatic carbocycles. The highest BCUT2D eigenvalue weighted by atomic mass is 31.2. The summed E-state index contributed by atoms with van der Waals surface area (Å²) in [6.07, 6.45) is 27.4. The molecule has 0 aliphatic heterocycles. The monoisotopic (exact) mass is 859 g/mol. The molecule has 0 saturated heterocycles. The van der Waals surface area contributed by atoms with Gasteiger partial charge in [0.05, 0.1) is 6.61 Å². The van der Waals surface area contributed by atoms with E-state index in [0.717, 1.165) is 96.3 Å². The van der Waals surface area contributed by atoms with Gasteiger partial charge in [0.25, 0.3) is 0 Å². The number of hydrogen-bond donors (Lipinski definition) is 6. The molecular formula is C45H79O13P. The average Bonchev–Trinajstić information content (AvgIpc) is 3.21. The highest BCUT2D eigenvalue weighted by Gasteiger charge is 2.51. The van der Waals surface area contributed by atoms with Crippen LogP contribution in [0.2, 0.25) is 0 Å².